The van der Waals surface area contributed by atoms with Gasteiger partial charge in [0.25, 0.3) is 5.69 Å². The molecule has 6 unspecified atom stereocenters. The zero-order chi connectivity index (χ0) is 50.6. The summed E-state index contributed by atoms with van der Waals surface area (Å²) in [5.41, 5.74) is 0.724. The number of imide groups is 1. The third kappa shape index (κ3) is 8.88. The van der Waals surface area contributed by atoms with Gasteiger partial charge in [0, 0.05) is 62.7 Å². The highest BCUT2D eigenvalue weighted by atomic mass is 16.6. The largest absolute Gasteiger partial charge is 0.491 e. The molecule has 4 aliphatic rings. The number of aromatic nitrogens is 2. The van der Waals surface area contributed by atoms with E-state index in [9.17, 15) is 25.1 Å². The van der Waals surface area contributed by atoms with Gasteiger partial charge in [-0.2, -0.15) is 0 Å². The Bertz CT molecular complexity index is 3080. The summed E-state index contributed by atoms with van der Waals surface area (Å²) < 4.78 is 18.3. The summed E-state index contributed by atoms with van der Waals surface area (Å²) in [6, 6.07) is 34.1. The Morgan fingerprint density at radius 3 is 2.14 bits per heavy atom. The van der Waals surface area contributed by atoms with Gasteiger partial charge in [-0.25, -0.2) is 19.7 Å². The van der Waals surface area contributed by atoms with Gasteiger partial charge in [0.15, 0.2) is 0 Å². The lowest BCUT2D eigenvalue weighted by atomic mass is 9.65. The summed E-state index contributed by atoms with van der Waals surface area (Å²) in [5.74, 6) is 3.24. The van der Waals surface area contributed by atoms with Crippen LogP contribution in [0.15, 0.2) is 146 Å². The summed E-state index contributed by atoms with van der Waals surface area (Å²) in [5, 5.41) is 30.8. The fourth-order valence-corrected chi connectivity index (χ4v) is 10.8. The monoisotopic (exact) mass is 983 g/mol. The van der Waals surface area contributed by atoms with Crippen LogP contribution in [0, 0.1) is 27.9 Å². The maximum Gasteiger partial charge on any atom is 0.421 e. The van der Waals surface area contributed by atoms with Crippen LogP contribution >= 0.6 is 0 Å². The first-order chi connectivity index (χ1) is 35.6. The second-order valence-electron chi connectivity index (χ2n) is 17.9. The van der Waals surface area contributed by atoms with Gasteiger partial charge < -0.3 is 34.2 Å². The van der Waals surface area contributed by atoms with Crippen molar-refractivity contribution in [1.29, 1.82) is 0 Å². The van der Waals surface area contributed by atoms with Crippen LogP contribution < -0.4 is 14.5 Å². The summed E-state index contributed by atoms with van der Waals surface area (Å²) in [6.07, 6.45) is 1.35. The standard InChI is InChI=1S/C55H49N7O11/c63-31-8-7-10-36-17-24-44-43(34-36)55(52(67)60(44)54(68)72-35-37-15-20-41(21-16-37)62(69)70)45(50(65)58-27-29-59(30-28-58)53-56-25-9-26-57-53)47-51(66)73-48(39-13-5-2-6-14-39)46(38-11-3-1-4-12-38)61(47)49(55)40-18-22-42(23-19-40)71-33-32-64/h1-6,9,11-26,34,45-49,63-64H,8,27-33,35H2. The quantitative estimate of drug-likeness (QED) is 0.0637. The number of aliphatic hydroxyl groups is 2. The fourth-order valence-electron chi connectivity index (χ4n) is 10.8. The second kappa shape index (κ2) is 20.7. The molecule has 18 heteroatoms. The molecular weight excluding hydrogens is 935 g/mol. The number of carbonyl (C=O) groups excluding carboxylic acids is 4. The van der Waals surface area contributed by atoms with E-state index in [-0.39, 0.29) is 62.9 Å². The van der Waals surface area contributed by atoms with E-state index in [0.29, 0.717) is 47.0 Å². The van der Waals surface area contributed by atoms with Crippen LogP contribution in [0.2, 0.25) is 0 Å². The number of hydrogen-bond acceptors (Lipinski definition) is 15. The molecule has 0 bridgehead atoms. The van der Waals surface area contributed by atoms with Gasteiger partial charge in [-0.05, 0) is 76.3 Å². The van der Waals surface area contributed by atoms with Gasteiger partial charge in [0.2, 0.25) is 17.8 Å². The van der Waals surface area contributed by atoms with E-state index in [1.54, 1.807) is 65.8 Å². The molecule has 73 heavy (non-hydrogen) atoms. The third-order valence-corrected chi connectivity index (χ3v) is 13.9. The van der Waals surface area contributed by atoms with E-state index in [0.717, 1.165) is 10.5 Å². The smallest absolute Gasteiger partial charge is 0.421 e. The van der Waals surface area contributed by atoms with Crippen molar-refractivity contribution < 1.29 is 48.5 Å². The molecule has 5 heterocycles. The first-order valence-corrected chi connectivity index (χ1v) is 23.8. The Morgan fingerprint density at radius 1 is 0.795 bits per heavy atom. The summed E-state index contributed by atoms with van der Waals surface area (Å²) in [6.45, 7) is 0.152. The number of ether oxygens (including phenoxy) is 3. The average Bonchev–Trinajstić information content (AvgIpc) is 3.89. The van der Waals surface area contributed by atoms with Gasteiger partial charge in [-0.3, -0.25) is 29.4 Å². The molecule has 6 aromatic rings. The molecule has 0 radical (unpaired) electrons. The number of cyclic esters (lactones) is 1. The minimum atomic E-state index is -2.11. The minimum absolute atomic E-state index is 0.00469. The molecular formula is C55H49N7O11. The van der Waals surface area contributed by atoms with E-state index >= 15 is 14.4 Å². The van der Waals surface area contributed by atoms with Crippen LogP contribution in [0.25, 0.3) is 0 Å². The van der Waals surface area contributed by atoms with E-state index in [1.807, 2.05) is 70.5 Å². The number of piperazine rings is 1. The SMILES string of the molecule is O=C1OC(c2ccccc2)C(c2ccccc2)N2C1C(C(=O)N1CCN(c3ncccn3)CC1)C1(C(=O)N(C(=O)OCc3ccc([N+](=O)[O-])cc3)c3ccc(C#CCCO)cc31)C2c1ccc(OCCO)cc1. The number of benzene rings is 5. The van der Waals surface area contributed by atoms with Crippen molar-refractivity contribution in [2.75, 3.05) is 55.8 Å². The third-order valence-electron chi connectivity index (χ3n) is 13.9. The van der Waals surface area contributed by atoms with Crippen LogP contribution in [-0.2, 0) is 35.9 Å². The van der Waals surface area contributed by atoms with E-state index in [1.165, 1.54) is 24.3 Å². The lowest BCUT2D eigenvalue weighted by Gasteiger charge is -2.46. The van der Waals surface area contributed by atoms with E-state index in [2.05, 4.69) is 21.8 Å². The van der Waals surface area contributed by atoms with Crippen LogP contribution in [0.5, 0.6) is 5.75 Å². The Morgan fingerprint density at radius 2 is 1.48 bits per heavy atom. The summed E-state index contributed by atoms with van der Waals surface area (Å²) >= 11 is 0. The van der Waals surface area contributed by atoms with E-state index in [4.69, 9.17) is 14.2 Å². The highest BCUT2D eigenvalue weighted by Crippen LogP contribution is 2.66. The maximum absolute atomic E-state index is 16.7. The summed E-state index contributed by atoms with van der Waals surface area (Å²) in [7, 11) is 0. The van der Waals surface area contributed by atoms with Crippen molar-refractivity contribution in [3.8, 4) is 17.6 Å². The van der Waals surface area contributed by atoms with Gasteiger partial charge in [0.1, 0.15) is 36.5 Å². The number of nitro benzene ring substituents is 1. The molecule has 0 aliphatic carbocycles. The first-order valence-electron chi connectivity index (χ1n) is 23.8. The van der Waals surface area contributed by atoms with Gasteiger partial charge in [-0.1, -0.05) is 84.6 Å². The molecule has 1 spiro atoms. The normalized spacial score (nSPS) is 22.2. The van der Waals surface area contributed by atoms with Crippen molar-refractivity contribution in [3.63, 3.8) is 0 Å². The van der Waals surface area contributed by atoms with Crippen molar-refractivity contribution in [1.82, 2.24) is 19.8 Å². The Hall–Kier alpha value is -8.50. The second-order valence-corrected chi connectivity index (χ2v) is 17.9. The highest BCUT2D eigenvalue weighted by molar-refractivity contribution is 6.23. The number of aliphatic hydroxyl groups excluding tert-OH is 2. The number of rotatable bonds is 12. The Labute approximate surface area is 419 Å². The van der Waals surface area contributed by atoms with Gasteiger partial charge in [0.05, 0.1) is 41.8 Å². The molecule has 0 saturated carbocycles. The lowest BCUT2D eigenvalue weighted by Crippen LogP contribution is -2.59. The highest BCUT2D eigenvalue weighted by Gasteiger charge is 2.76. The number of non-ortho nitro benzene ring substituents is 1. The number of morpholine rings is 1. The Kier molecular flexibility index (Phi) is 13.6. The average molecular weight is 984 g/mol. The van der Waals surface area contributed by atoms with Crippen LogP contribution in [-0.4, -0.2) is 111 Å². The molecule has 3 fully saturated rings. The number of nitrogens with zero attached hydrogens (tertiary/aromatic N) is 7. The zero-order valence-corrected chi connectivity index (χ0v) is 39.3. The number of hydrogen-bond donors (Lipinski definition) is 2. The molecule has 18 nitrogen and oxygen atoms in total. The number of esters is 1. The molecule has 6 atom stereocenters. The number of carbonyl (C=O) groups is 4. The Balaban J connectivity index is 1.20. The number of nitro groups is 1. The van der Waals surface area contributed by atoms with Crippen molar-refractivity contribution in [3.05, 3.63) is 189 Å². The molecule has 370 valence electrons. The molecule has 5 aromatic carbocycles. The molecule has 10 rings (SSSR count). The number of fused-ring (bicyclic) bond motifs is 3. The molecule has 2 N–H and O–H groups in total. The zero-order valence-electron chi connectivity index (χ0n) is 39.3. The predicted octanol–water partition coefficient (Wildman–Crippen LogP) is 5.84. The summed E-state index contributed by atoms with van der Waals surface area (Å²) in [4.78, 5) is 89.6. The predicted molar refractivity (Wildman–Crippen MR) is 264 cm³/mol. The van der Waals surface area contributed by atoms with E-state index < -0.39 is 64.4 Å². The van der Waals surface area contributed by atoms with Crippen LogP contribution in [0.3, 0.4) is 0 Å². The van der Waals surface area contributed by atoms with Crippen molar-refractivity contribution >= 4 is 41.2 Å². The molecule has 3 amide bonds. The number of anilines is 2. The minimum Gasteiger partial charge on any atom is -0.491 e. The molecule has 4 aliphatic heterocycles. The number of amides is 3. The van der Waals surface area contributed by atoms with Gasteiger partial charge >= 0.3 is 12.1 Å². The topological polar surface area (TPSA) is 218 Å². The maximum atomic E-state index is 16.7. The first kappa shape index (κ1) is 48.1. The fraction of sp³-hybridized carbons (Fsp3) is 0.273. The van der Waals surface area contributed by atoms with Crippen molar-refractivity contribution in [2.24, 2.45) is 5.92 Å². The van der Waals surface area contributed by atoms with Crippen molar-refractivity contribution in [2.45, 2.75) is 42.7 Å². The lowest BCUT2D eigenvalue weighted by molar-refractivity contribution is -0.384. The molecule has 3 saturated heterocycles. The van der Waals surface area contributed by atoms with Crippen LogP contribution in [0.1, 0.15) is 58.0 Å². The molecule has 1 aromatic heterocycles. The van der Waals surface area contributed by atoms with Gasteiger partial charge in [-0.15, -0.1) is 0 Å². The van der Waals surface area contributed by atoms with Crippen LogP contribution in [0.4, 0.5) is 22.1 Å².